The van der Waals surface area contributed by atoms with Crippen LogP contribution in [-0.4, -0.2) is 77.2 Å². The highest BCUT2D eigenvalue weighted by molar-refractivity contribution is 14.0. The fourth-order valence-corrected chi connectivity index (χ4v) is 4.09. The third-order valence-corrected chi connectivity index (χ3v) is 6.76. The maximum Gasteiger partial charge on any atom is 0.193 e. The molecule has 0 spiro atoms. The van der Waals surface area contributed by atoms with E-state index in [0.29, 0.717) is 24.5 Å². The standard InChI is InChI=1S/C19H37N3O3S.HI/c1-5-20-18(21-10-14-26(23)19(2,3)4)22-11-8-16(9-12-22)25-15-17-7-6-13-24-17;/h16-17H,5-15H2,1-4H3,(H,20,21);1H. The number of nitrogens with one attached hydrogen (secondary N) is 1. The second-order valence-electron chi connectivity index (χ2n) is 8.05. The van der Waals surface area contributed by atoms with Gasteiger partial charge in [-0.1, -0.05) is 0 Å². The molecule has 2 rings (SSSR count). The van der Waals surface area contributed by atoms with Crippen molar-refractivity contribution >= 4 is 40.7 Å². The molecule has 2 aliphatic rings. The van der Waals surface area contributed by atoms with Gasteiger partial charge in [0.2, 0.25) is 0 Å². The van der Waals surface area contributed by atoms with Crippen LogP contribution in [0.15, 0.2) is 4.99 Å². The van der Waals surface area contributed by atoms with Crippen molar-refractivity contribution in [3.8, 4) is 0 Å². The van der Waals surface area contributed by atoms with Crippen LogP contribution in [0, 0.1) is 0 Å². The molecule has 0 aromatic heterocycles. The lowest BCUT2D eigenvalue weighted by atomic mass is 10.1. The van der Waals surface area contributed by atoms with Crippen LogP contribution in [0.25, 0.3) is 0 Å². The van der Waals surface area contributed by atoms with Crippen LogP contribution in [-0.2, 0) is 20.3 Å². The van der Waals surface area contributed by atoms with E-state index in [9.17, 15) is 4.21 Å². The maximum absolute atomic E-state index is 12.2. The quantitative estimate of drug-likeness (QED) is 0.321. The van der Waals surface area contributed by atoms with Crippen molar-refractivity contribution in [2.45, 2.75) is 70.3 Å². The molecule has 2 heterocycles. The van der Waals surface area contributed by atoms with E-state index in [4.69, 9.17) is 14.5 Å². The molecule has 1 N–H and O–H groups in total. The van der Waals surface area contributed by atoms with Crippen LogP contribution < -0.4 is 5.32 Å². The Morgan fingerprint density at radius 1 is 1.30 bits per heavy atom. The van der Waals surface area contributed by atoms with Crippen LogP contribution in [0.1, 0.15) is 53.4 Å². The highest BCUT2D eigenvalue weighted by Gasteiger charge is 2.24. The first-order chi connectivity index (χ1) is 12.4. The third kappa shape index (κ3) is 8.95. The van der Waals surface area contributed by atoms with Crippen molar-refractivity contribution in [3.05, 3.63) is 0 Å². The topological polar surface area (TPSA) is 63.2 Å². The average Bonchev–Trinajstić information content (AvgIpc) is 3.12. The minimum absolute atomic E-state index is 0. The summed E-state index contributed by atoms with van der Waals surface area (Å²) in [6.45, 7) is 13.1. The van der Waals surface area contributed by atoms with Gasteiger partial charge in [0.1, 0.15) is 0 Å². The van der Waals surface area contributed by atoms with Gasteiger partial charge in [-0.05, 0) is 53.4 Å². The fourth-order valence-electron chi connectivity index (χ4n) is 3.22. The number of likely N-dealkylation sites (tertiary alicyclic amines) is 1. The normalized spacial score (nSPS) is 23.2. The number of nitrogens with zero attached hydrogens (tertiary/aromatic N) is 2. The molecular weight excluding hydrogens is 477 g/mol. The zero-order valence-corrected chi connectivity index (χ0v) is 20.5. The lowest BCUT2D eigenvalue weighted by Crippen LogP contribution is -2.47. The lowest BCUT2D eigenvalue weighted by Gasteiger charge is -2.34. The van der Waals surface area contributed by atoms with Crippen molar-refractivity contribution in [1.29, 1.82) is 0 Å². The van der Waals surface area contributed by atoms with Gasteiger partial charge in [0.15, 0.2) is 5.96 Å². The summed E-state index contributed by atoms with van der Waals surface area (Å²) < 4.78 is 23.7. The molecule has 0 saturated carbocycles. The molecule has 2 fully saturated rings. The average molecular weight is 516 g/mol. The van der Waals surface area contributed by atoms with Crippen LogP contribution in [0.2, 0.25) is 0 Å². The van der Waals surface area contributed by atoms with Gasteiger partial charge < -0.3 is 19.7 Å². The predicted octanol–water partition coefficient (Wildman–Crippen LogP) is 2.78. The second-order valence-corrected chi connectivity index (χ2v) is 10.4. The number of ether oxygens (including phenoxy) is 2. The van der Waals surface area contributed by atoms with E-state index in [1.54, 1.807) is 0 Å². The summed E-state index contributed by atoms with van der Waals surface area (Å²) in [6.07, 6.45) is 4.96. The Labute approximate surface area is 184 Å². The van der Waals surface area contributed by atoms with Gasteiger partial charge >= 0.3 is 0 Å². The first-order valence-electron chi connectivity index (χ1n) is 10.0. The summed E-state index contributed by atoms with van der Waals surface area (Å²) >= 11 is 0. The molecule has 8 heteroatoms. The second kappa shape index (κ2) is 12.6. The Morgan fingerprint density at radius 3 is 2.56 bits per heavy atom. The molecule has 0 bridgehead atoms. The van der Waals surface area contributed by atoms with Crippen LogP contribution in [0.4, 0.5) is 0 Å². The molecule has 0 amide bonds. The SMILES string of the molecule is CCNC(=NCCS(=O)C(C)(C)C)N1CCC(OCC2CCCO2)CC1.I. The third-order valence-electron chi connectivity index (χ3n) is 4.84. The van der Waals surface area contributed by atoms with Crippen LogP contribution in [0.5, 0.6) is 0 Å². The lowest BCUT2D eigenvalue weighted by molar-refractivity contribution is -0.0367. The van der Waals surface area contributed by atoms with Gasteiger partial charge in [0.05, 0.1) is 25.4 Å². The van der Waals surface area contributed by atoms with E-state index in [1.165, 1.54) is 0 Å². The number of halogens is 1. The molecule has 6 nitrogen and oxygen atoms in total. The van der Waals surface area contributed by atoms with Crippen molar-refractivity contribution in [2.24, 2.45) is 4.99 Å². The van der Waals surface area contributed by atoms with Crippen LogP contribution >= 0.6 is 24.0 Å². The molecule has 0 radical (unpaired) electrons. The van der Waals surface area contributed by atoms with Crippen molar-refractivity contribution < 1.29 is 13.7 Å². The number of rotatable bonds is 7. The van der Waals surface area contributed by atoms with Crippen molar-refractivity contribution in [1.82, 2.24) is 10.2 Å². The molecule has 0 aromatic rings. The maximum atomic E-state index is 12.2. The van der Waals surface area contributed by atoms with E-state index < -0.39 is 10.8 Å². The number of guanidine groups is 1. The van der Waals surface area contributed by atoms with E-state index in [1.807, 2.05) is 20.8 Å². The summed E-state index contributed by atoms with van der Waals surface area (Å²) in [5.41, 5.74) is 0. The van der Waals surface area contributed by atoms with E-state index in [0.717, 1.165) is 64.5 Å². The number of aliphatic imine (C=N–C) groups is 1. The van der Waals surface area contributed by atoms with E-state index >= 15 is 0 Å². The molecule has 2 unspecified atom stereocenters. The zero-order chi connectivity index (χ0) is 19.0. The highest BCUT2D eigenvalue weighted by atomic mass is 127. The van der Waals surface area contributed by atoms with Gasteiger partial charge in [-0.3, -0.25) is 9.20 Å². The Kier molecular flexibility index (Phi) is 11.7. The summed E-state index contributed by atoms with van der Waals surface area (Å²) in [6, 6.07) is 0. The zero-order valence-electron chi connectivity index (χ0n) is 17.4. The molecule has 2 atom stereocenters. The Hall–Kier alpha value is 0.0700. The summed E-state index contributed by atoms with van der Waals surface area (Å²) in [5.74, 6) is 1.55. The van der Waals surface area contributed by atoms with Gasteiger partial charge in [-0.2, -0.15) is 0 Å². The Morgan fingerprint density at radius 2 is 2.00 bits per heavy atom. The van der Waals surface area contributed by atoms with Gasteiger partial charge in [-0.15, -0.1) is 24.0 Å². The number of piperidine rings is 1. The largest absolute Gasteiger partial charge is 0.376 e. The first kappa shape index (κ1) is 25.1. The molecule has 0 aliphatic carbocycles. The van der Waals surface area contributed by atoms with Crippen molar-refractivity contribution in [3.63, 3.8) is 0 Å². The molecule has 160 valence electrons. The van der Waals surface area contributed by atoms with Crippen molar-refractivity contribution in [2.75, 3.05) is 45.1 Å². The highest BCUT2D eigenvalue weighted by Crippen LogP contribution is 2.18. The molecular formula is C19H38IN3O3S. The molecule has 0 aromatic carbocycles. The van der Waals surface area contributed by atoms with Gasteiger partial charge in [0.25, 0.3) is 0 Å². The molecule has 27 heavy (non-hydrogen) atoms. The summed E-state index contributed by atoms with van der Waals surface area (Å²) in [7, 11) is -0.858. The number of hydrogen-bond donors (Lipinski definition) is 1. The van der Waals surface area contributed by atoms with Gasteiger partial charge in [0, 0.05) is 47.5 Å². The first-order valence-corrected chi connectivity index (χ1v) is 11.4. The monoisotopic (exact) mass is 515 g/mol. The van der Waals surface area contributed by atoms with E-state index in [2.05, 4.69) is 17.1 Å². The summed E-state index contributed by atoms with van der Waals surface area (Å²) in [4.78, 5) is 7.00. The number of hydrogen-bond acceptors (Lipinski definition) is 4. The fraction of sp³-hybridized carbons (Fsp3) is 0.947. The van der Waals surface area contributed by atoms with Gasteiger partial charge in [-0.25, -0.2) is 0 Å². The minimum Gasteiger partial charge on any atom is -0.376 e. The predicted molar refractivity (Wildman–Crippen MR) is 124 cm³/mol. The summed E-state index contributed by atoms with van der Waals surface area (Å²) in [5, 5.41) is 3.37. The minimum atomic E-state index is -0.858. The Balaban J connectivity index is 0.00000364. The Bertz CT molecular complexity index is 471. The molecule has 2 saturated heterocycles. The van der Waals surface area contributed by atoms with Crippen LogP contribution in [0.3, 0.4) is 0 Å². The smallest absolute Gasteiger partial charge is 0.193 e. The molecule has 2 aliphatic heterocycles. The van der Waals surface area contributed by atoms with E-state index in [-0.39, 0.29) is 28.7 Å².